The Balaban J connectivity index is 1.99. The van der Waals surface area contributed by atoms with E-state index in [9.17, 15) is 9.59 Å². The van der Waals surface area contributed by atoms with Crippen LogP contribution in [0.2, 0.25) is 0 Å². The van der Waals surface area contributed by atoms with Gasteiger partial charge in [0.25, 0.3) is 5.91 Å². The lowest BCUT2D eigenvalue weighted by Crippen LogP contribution is -2.37. The Morgan fingerprint density at radius 2 is 2.00 bits per heavy atom. The van der Waals surface area contributed by atoms with Crippen molar-refractivity contribution in [3.63, 3.8) is 0 Å². The molecule has 1 aromatic rings. The van der Waals surface area contributed by atoms with Crippen LogP contribution in [-0.2, 0) is 9.53 Å². The van der Waals surface area contributed by atoms with E-state index in [1.54, 1.807) is 13.0 Å². The second-order valence-electron chi connectivity index (χ2n) is 5.15. The number of benzene rings is 1. The highest BCUT2D eigenvalue weighted by molar-refractivity contribution is 5.93. The minimum atomic E-state index is -0.756. The first-order chi connectivity index (χ1) is 8.97. The second kappa shape index (κ2) is 5.43. The zero-order valence-corrected chi connectivity index (χ0v) is 11.5. The highest BCUT2D eigenvalue weighted by Gasteiger charge is 2.27. The number of amides is 1. The van der Waals surface area contributed by atoms with E-state index in [1.807, 2.05) is 26.0 Å². The Morgan fingerprint density at radius 3 is 2.63 bits per heavy atom. The number of ether oxygens (including phenoxy) is 1. The van der Waals surface area contributed by atoms with E-state index in [0.29, 0.717) is 5.56 Å². The molecule has 1 fully saturated rings. The second-order valence-corrected chi connectivity index (χ2v) is 5.15. The molecule has 1 saturated carbocycles. The SMILES string of the molecule is Cc1ccc(C)c(C(=O)O[C@H](C)C(=O)NC2CC2)c1. The third-order valence-corrected chi connectivity index (χ3v) is 3.19. The molecule has 2 rings (SSSR count). The van der Waals surface area contributed by atoms with Crippen LogP contribution in [0, 0.1) is 13.8 Å². The zero-order valence-electron chi connectivity index (χ0n) is 11.5. The van der Waals surface area contributed by atoms with Gasteiger partial charge in [-0.3, -0.25) is 4.79 Å². The number of nitrogens with one attached hydrogen (secondary N) is 1. The van der Waals surface area contributed by atoms with E-state index < -0.39 is 12.1 Å². The van der Waals surface area contributed by atoms with Crippen molar-refractivity contribution in [2.75, 3.05) is 0 Å². The van der Waals surface area contributed by atoms with Crippen LogP contribution in [0.5, 0.6) is 0 Å². The van der Waals surface area contributed by atoms with Crippen LogP contribution in [0.4, 0.5) is 0 Å². The van der Waals surface area contributed by atoms with Gasteiger partial charge in [0, 0.05) is 6.04 Å². The smallest absolute Gasteiger partial charge is 0.339 e. The summed E-state index contributed by atoms with van der Waals surface area (Å²) >= 11 is 0. The van der Waals surface area contributed by atoms with E-state index in [4.69, 9.17) is 4.74 Å². The topological polar surface area (TPSA) is 55.4 Å². The van der Waals surface area contributed by atoms with E-state index in [1.165, 1.54) is 0 Å². The van der Waals surface area contributed by atoms with Crippen LogP contribution in [0.1, 0.15) is 41.3 Å². The number of esters is 1. The summed E-state index contributed by atoms with van der Waals surface area (Å²) in [7, 11) is 0. The van der Waals surface area contributed by atoms with Crippen molar-refractivity contribution in [1.29, 1.82) is 0 Å². The van der Waals surface area contributed by atoms with Gasteiger partial charge in [0.2, 0.25) is 0 Å². The Kier molecular flexibility index (Phi) is 3.88. The van der Waals surface area contributed by atoms with E-state index in [-0.39, 0.29) is 11.9 Å². The van der Waals surface area contributed by atoms with Crippen molar-refractivity contribution in [3.05, 3.63) is 34.9 Å². The predicted molar refractivity (Wildman–Crippen MR) is 72.0 cm³/mol. The third-order valence-electron chi connectivity index (χ3n) is 3.19. The molecule has 0 unspecified atom stereocenters. The molecule has 1 atom stereocenters. The van der Waals surface area contributed by atoms with Crippen molar-refractivity contribution in [2.24, 2.45) is 0 Å². The van der Waals surface area contributed by atoms with Crippen LogP contribution < -0.4 is 5.32 Å². The normalized spacial score (nSPS) is 15.7. The summed E-state index contributed by atoms with van der Waals surface area (Å²) < 4.78 is 5.21. The molecule has 0 heterocycles. The maximum atomic E-state index is 12.0. The maximum absolute atomic E-state index is 12.0. The van der Waals surface area contributed by atoms with Crippen LogP contribution in [0.15, 0.2) is 18.2 Å². The van der Waals surface area contributed by atoms with Crippen LogP contribution >= 0.6 is 0 Å². The van der Waals surface area contributed by atoms with Gasteiger partial charge in [-0.2, -0.15) is 0 Å². The predicted octanol–water partition coefficient (Wildman–Crippen LogP) is 2.13. The first-order valence-corrected chi connectivity index (χ1v) is 6.56. The number of aryl methyl sites for hydroxylation is 2. The molecule has 1 amide bonds. The van der Waals surface area contributed by atoms with Gasteiger partial charge in [-0.1, -0.05) is 17.7 Å². The Labute approximate surface area is 113 Å². The third kappa shape index (κ3) is 3.56. The maximum Gasteiger partial charge on any atom is 0.339 e. The molecule has 1 aromatic carbocycles. The average Bonchev–Trinajstić information content (AvgIpc) is 3.15. The number of hydrogen-bond donors (Lipinski definition) is 1. The van der Waals surface area contributed by atoms with E-state index in [0.717, 1.165) is 24.0 Å². The lowest BCUT2D eigenvalue weighted by molar-refractivity contribution is -0.129. The lowest BCUT2D eigenvalue weighted by Gasteiger charge is -2.14. The van der Waals surface area contributed by atoms with Crippen molar-refractivity contribution in [3.8, 4) is 0 Å². The van der Waals surface area contributed by atoms with Crippen LogP contribution in [-0.4, -0.2) is 24.0 Å². The molecule has 102 valence electrons. The molecule has 1 aliphatic rings. The fraction of sp³-hybridized carbons (Fsp3) is 0.467. The van der Waals surface area contributed by atoms with Gasteiger partial charge in [0.05, 0.1) is 5.56 Å². The summed E-state index contributed by atoms with van der Waals surface area (Å²) in [6, 6.07) is 5.87. The molecule has 1 aliphatic carbocycles. The van der Waals surface area contributed by atoms with Gasteiger partial charge in [-0.25, -0.2) is 4.79 Å². The average molecular weight is 261 g/mol. The van der Waals surface area contributed by atoms with Gasteiger partial charge in [-0.05, 0) is 45.2 Å². The minimum Gasteiger partial charge on any atom is -0.449 e. The first kappa shape index (κ1) is 13.6. The summed E-state index contributed by atoms with van der Waals surface area (Å²) in [6.45, 7) is 5.37. The quantitative estimate of drug-likeness (QED) is 0.845. The van der Waals surface area contributed by atoms with Crippen molar-refractivity contribution >= 4 is 11.9 Å². The highest BCUT2D eigenvalue weighted by atomic mass is 16.5. The summed E-state index contributed by atoms with van der Waals surface area (Å²) in [6.07, 6.45) is 1.28. The zero-order chi connectivity index (χ0) is 14.0. The largest absolute Gasteiger partial charge is 0.449 e. The molecule has 0 aliphatic heterocycles. The standard InChI is InChI=1S/C15H19NO3/c1-9-4-5-10(2)13(8-9)15(18)19-11(3)14(17)16-12-6-7-12/h4-5,8,11-12H,6-7H2,1-3H3,(H,16,17)/t11-/m1/s1. The molecule has 1 N–H and O–H groups in total. The Morgan fingerprint density at radius 1 is 1.32 bits per heavy atom. The Hall–Kier alpha value is -1.84. The molecule has 0 aromatic heterocycles. The number of carbonyl (C=O) groups excluding carboxylic acids is 2. The number of hydrogen-bond acceptors (Lipinski definition) is 3. The molecular formula is C15H19NO3. The van der Waals surface area contributed by atoms with Crippen molar-refractivity contribution in [1.82, 2.24) is 5.32 Å². The fourth-order valence-corrected chi connectivity index (χ4v) is 1.78. The number of carbonyl (C=O) groups is 2. The fourth-order valence-electron chi connectivity index (χ4n) is 1.78. The van der Waals surface area contributed by atoms with Crippen LogP contribution in [0.25, 0.3) is 0 Å². The molecule has 0 saturated heterocycles. The Bertz CT molecular complexity index is 506. The summed E-state index contributed by atoms with van der Waals surface area (Å²) in [5.74, 6) is -0.666. The van der Waals surface area contributed by atoms with Crippen molar-refractivity contribution in [2.45, 2.75) is 45.8 Å². The van der Waals surface area contributed by atoms with Gasteiger partial charge >= 0.3 is 5.97 Å². The van der Waals surface area contributed by atoms with E-state index >= 15 is 0 Å². The van der Waals surface area contributed by atoms with Gasteiger partial charge < -0.3 is 10.1 Å². The molecule has 0 bridgehead atoms. The molecule has 4 nitrogen and oxygen atoms in total. The lowest BCUT2D eigenvalue weighted by atomic mass is 10.1. The van der Waals surface area contributed by atoms with Gasteiger partial charge in [0.15, 0.2) is 6.10 Å². The monoisotopic (exact) mass is 261 g/mol. The van der Waals surface area contributed by atoms with Crippen molar-refractivity contribution < 1.29 is 14.3 Å². The first-order valence-electron chi connectivity index (χ1n) is 6.56. The highest BCUT2D eigenvalue weighted by Crippen LogP contribution is 2.19. The molecule has 4 heteroatoms. The molecule has 0 spiro atoms. The molecule has 19 heavy (non-hydrogen) atoms. The van der Waals surface area contributed by atoms with E-state index in [2.05, 4.69) is 5.32 Å². The summed E-state index contributed by atoms with van der Waals surface area (Å²) in [4.78, 5) is 23.8. The number of rotatable bonds is 4. The minimum absolute atomic E-state index is 0.221. The molecular weight excluding hydrogens is 242 g/mol. The van der Waals surface area contributed by atoms with Gasteiger partial charge in [-0.15, -0.1) is 0 Å². The van der Waals surface area contributed by atoms with Crippen LogP contribution in [0.3, 0.4) is 0 Å². The summed E-state index contributed by atoms with van der Waals surface area (Å²) in [5.41, 5.74) is 2.36. The summed E-state index contributed by atoms with van der Waals surface area (Å²) in [5, 5.41) is 2.82. The molecule has 0 radical (unpaired) electrons. The van der Waals surface area contributed by atoms with Gasteiger partial charge in [0.1, 0.15) is 0 Å².